The molecule has 0 spiro atoms. The van der Waals surface area contributed by atoms with E-state index < -0.39 is 5.60 Å². The second kappa shape index (κ2) is 7.18. The maximum atomic E-state index is 10.3. The number of nitrogens with one attached hydrogen (secondary N) is 1. The molecule has 4 heteroatoms. The van der Waals surface area contributed by atoms with Crippen LogP contribution in [0.3, 0.4) is 0 Å². The van der Waals surface area contributed by atoms with Crippen molar-refractivity contribution in [1.82, 2.24) is 10.2 Å². The Morgan fingerprint density at radius 2 is 2.09 bits per heavy atom. The Hall–Kier alpha value is -1.81. The molecule has 1 aromatic rings. The van der Waals surface area contributed by atoms with E-state index >= 15 is 0 Å². The number of benzene rings is 1. The molecule has 0 amide bonds. The van der Waals surface area contributed by atoms with Gasteiger partial charge in [-0.3, -0.25) is 4.99 Å². The summed E-state index contributed by atoms with van der Waals surface area (Å²) in [7, 11) is 0. The van der Waals surface area contributed by atoms with E-state index in [9.17, 15) is 5.11 Å². The van der Waals surface area contributed by atoms with E-state index in [2.05, 4.69) is 58.5 Å². The average Bonchev–Trinajstić information content (AvgIpc) is 2.58. The third kappa shape index (κ3) is 3.94. The molecule has 0 saturated heterocycles. The Morgan fingerprint density at radius 1 is 1.30 bits per heavy atom. The van der Waals surface area contributed by atoms with Gasteiger partial charge < -0.3 is 15.3 Å². The van der Waals surface area contributed by atoms with Crippen molar-refractivity contribution in [2.75, 3.05) is 26.2 Å². The lowest BCUT2D eigenvalue weighted by Gasteiger charge is -2.36. The molecule has 0 bridgehead atoms. The summed E-state index contributed by atoms with van der Waals surface area (Å²) in [6.45, 7) is 5.28. The van der Waals surface area contributed by atoms with Crippen molar-refractivity contribution in [3.05, 3.63) is 42.0 Å². The minimum atomic E-state index is -0.554. The van der Waals surface area contributed by atoms with Crippen molar-refractivity contribution in [2.45, 2.75) is 38.2 Å². The monoisotopic (exact) mass is 313 g/mol. The van der Waals surface area contributed by atoms with E-state index in [0.717, 1.165) is 51.3 Å². The van der Waals surface area contributed by atoms with Crippen LogP contribution in [0.1, 0.15) is 38.2 Å². The van der Waals surface area contributed by atoms with Gasteiger partial charge in [-0.05, 0) is 43.7 Å². The summed E-state index contributed by atoms with van der Waals surface area (Å²) in [5.41, 5.74) is 2.18. The van der Waals surface area contributed by atoms with E-state index in [0.29, 0.717) is 6.54 Å². The van der Waals surface area contributed by atoms with E-state index in [4.69, 9.17) is 0 Å². The molecule has 1 fully saturated rings. The molecule has 1 aliphatic heterocycles. The molecule has 0 atom stereocenters. The zero-order valence-electron chi connectivity index (χ0n) is 14.0. The van der Waals surface area contributed by atoms with Crippen LogP contribution in [-0.2, 0) is 0 Å². The van der Waals surface area contributed by atoms with Gasteiger partial charge in [-0.15, -0.1) is 0 Å². The molecule has 2 aliphatic rings. The lowest BCUT2D eigenvalue weighted by atomic mass is 9.80. The minimum Gasteiger partial charge on any atom is -0.388 e. The molecule has 1 heterocycles. The first-order valence-corrected chi connectivity index (χ1v) is 8.70. The van der Waals surface area contributed by atoms with Crippen LogP contribution >= 0.6 is 0 Å². The lowest BCUT2D eigenvalue weighted by molar-refractivity contribution is -0.0237. The predicted octanol–water partition coefficient (Wildman–Crippen LogP) is 2.66. The molecule has 124 valence electrons. The molecule has 3 rings (SSSR count). The van der Waals surface area contributed by atoms with Crippen LogP contribution in [0.15, 0.2) is 41.4 Å². The maximum absolute atomic E-state index is 10.3. The van der Waals surface area contributed by atoms with Crippen LogP contribution in [0, 0.1) is 0 Å². The van der Waals surface area contributed by atoms with Gasteiger partial charge in [0.1, 0.15) is 0 Å². The van der Waals surface area contributed by atoms with Crippen molar-refractivity contribution in [1.29, 1.82) is 0 Å². The number of aliphatic hydroxyl groups is 1. The maximum Gasteiger partial charge on any atom is 0.194 e. The van der Waals surface area contributed by atoms with Crippen molar-refractivity contribution >= 4 is 11.5 Å². The van der Waals surface area contributed by atoms with E-state index in [1.165, 1.54) is 11.1 Å². The van der Waals surface area contributed by atoms with Crippen molar-refractivity contribution in [2.24, 2.45) is 4.99 Å². The summed E-state index contributed by atoms with van der Waals surface area (Å²) in [4.78, 5) is 6.96. The molecule has 1 saturated carbocycles. The summed E-state index contributed by atoms with van der Waals surface area (Å²) >= 11 is 0. The Balaban J connectivity index is 1.65. The van der Waals surface area contributed by atoms with Gasteiger partial charge in [0.05, 0.1) is 12.1 Å². The summed E-state index contributed by atoms with van der Waals surface area (Å²) < 4.78 is 0. The van der Waals surface area contributed by atoms with Crippen LogP contribution in [0.5, 0.6) is 0 Å². The number of nitrogens with zero attached hydrogens (tertiary/aromatic N) is 2. The normalized spacial score (nSPS) is 20.7. The fourth-order valence-electron chi connectivity index (χ4n) is 3.17. The Labute approximate surface area is 138 Å². The van der Waals surface area contributed by atoms with Crippen LogP contribution in [0.25, 0.3) is 5.57 Å². The fraction of sp³-hybridized carbons (Fsp3) is 0.526. The van der Waals surface area contributed by atoms with Gasteiger partial charge >= 0.3 is 0 Å². The third-order valence-corrected chi connectivity index (χ3v) is 4.80. The highest BCUT2D eigenvalue weighted by molar-refractivity contribution is 5.81. The summed E-state index contributed by atoms with van der Waals surface area (Å²) in [6.07, 6.45) is 6.21. The molecule has 2 N–H and O–H groups in total. The molecular formula is C19H27N3O. The quantitative estimate of drug-likeness (QED) is 0.664. The van der Waals surface area contributed by atoms with Gasteiger partial charge in [-0.1, -0.05) is 36.4 Å². The summed E-state index contributed by atoms with van der Waals surface area (Å²) in [6, 6.07) is 10.6. The molecular weight excluding hydrogens is 286 g/mol. The first-order valence-electron chi connectivity index (χ1n) is 8.70. The second-order valence-corrected chi connectivity index (χ2v) is 6.54. The standard InChI is InChI=1S/C19H27N3O/c1-2-20-18(21-15-19(23)11-6-12-19)22-13-9-17(10-14-22)16-7-4-3-5-8-16/h3-5,7-9,23H,2,6,10-15H2,1H3,(H,20,21). The van der Waals surface area contributed by atoms with Crippen LogP contribution in [0.4, 0.5) is 0 Å². The number of aliphatic imine (C=N–C) groups is 1. The van der Waals surface area contributed by atoms with Crippen molar-refractivity contribution < 1.29 is 5.11 Å². The summed E-state index contributed by atoms with van der Waals surface area (Å²) in [5, 5.41) is 13.6. The van der Waals surface area contributed by atoms with Crippen molar-refractivity contribution in [3.8, 4) is 0 Å². The fourth-order valence-corrected chi connectivity index (χ4v) is 3.17. The SMILES string of the molecule is CCNC(=NCC1(O)CCC1)N1CC=C(c2ccccc2)CC1. The summed E-state index contributed by atoms with van der Waals surface area (Å²) in [5.74, 6) is 0.927. The van der Waals surface area contributed by atoms with Gasteiger partial charge in [0.15, 0.2) is 5.96 Å². The number of hydrogen-bond acceptors (Lipinski definition) is 2. The highest BCUT2D eigenvalue weighted by Crippen LogP contribution is 2.31. The van der Waals surface area contributed by atoms with E-state index in [1.807, 2.05) is 0 Å². The molecule has 0 unspecified atom stereocenters. The van der Waals surface area contributed by atoms with E-state index in [1.54, 1.807) is 0 Å². The number of hydrogen-bond donors (Lipinski definition) is 2. The van der Waals surface area contributed by atoms with Crippen molar-refractivity contribution in [3.63, 3.8) is 0 Å². The molecule has 4 nitrogen and oxygen atoms in total. The lowest BCUT2D eigenvalue weighted by Crippen LogP contribution is -2.46. The zero-order valence-corrected chi connectivity index (χ0v) is 14.0. The molecule has 23 heavy (non-hydrogen) atoms. The highest BCUT2D eigenvalue weighted by atomic mass is 16.3. The predicted molar refractivity (Wildman–Crippen MR) is 95.4 cm³/mol. The van der Waals surface area contributed by atoms with Gasteiger partial charge in [-0.2, -0.15) is 0 Å². The minimum absolute atomic E-state index is 0.515. The largest absolute Gasteiger partial charge is 0.388 e. The molecule has 0 aromatic heterocycles. The van der Waals surface area contributed by atoms with E-state index in [-0.39, 0.29) is 0 Å². The van der Waals surface area contributed by atoms with Gasteiger partial charge in [0.25, 0.3) is 0 Å². The molecule has 0 radical (unpaired) electrons. The first kappa shape index (κ1) is 16.1. The number of guanidine groups is 1. The van der Waals surface area contributed by atoms with Gasteiger partial charge in [0.2, 0.25) is 0 Å². The van der Waals surface area contributed by atoms with Crippen LogP contribution < -0.4 is 5.32 Å². The Bertz CT molecular complexity index is 576. The Kier molecular flexibility index (Phi) is 5.01. The third-order valence-electron chi connectivity index (χ3n) is 4.80. The molecule has 1 aromatic carbocycles. The van der Waals surface area contributed by atoms with Crippen LogP contribution in [-0.4, -0.2) is 47.7 Å². The second-order valence-electron chi connectivity index (χ2n) is 6.54. The highest BCUT2D eigenvalue weighted by Gasteiger charge is 2.34. The smallest absolute Gasteiger partial charge is 0.194 e. The Morgan fingerprint density at radius 3 is 2.65 bits per heavy atom. The molecule has 1 aliphatic carbocycles. The average molecular weight is 313 g/mol. The topological polar surface area (TPSA) is 47.9 Å². The van der Waals surface area contributed by atoms with Gasteiger partial charge in [-0.25, -0.2) is 0 Å². The number of rotatable bonds is 4. The van der Waals surface area contributed by atoms with Gasteiger partial charge in [0, 0.05) is 19.6 Å². The first-order chi connectivity index (χ1) is 11.2. The van der Waals surface area contributed by atoms with Crippen LogP contribution in [0.2, 0.25) is 0 Å². The zero-order chi connectivity index (χ0) is 16.1.